The topological polar surface area (TPSA) is 103 Å². The maximum Gasteiger partial charge on any atom is 0.251 e. The summed E-state index contributed by atoms with van der Waals surface area (Å²) in [7, 11) is 1.77. The van der Waals surface area contributed by atoms with Crippen LogP contribution in [0.4, 0.5) is 0 Å². The van der Waals surface area contributed by atoms with Gasteiger partial charge in [0.1, 0.15) is 6.23 Å². The largest absolute Gasteiger partial charge is 0.394 e. The Morgan fingerprint density at radius 2 is 2.28 bits per heavy atom. The van der Waals surface area contributed by atoms with Crippen LogP contribution in [0.5, 0.6) is 0 Å². The molecule has 100 valence electrons. The van der Waals surface area contributed by atoms with Crippen molar-refractivity contribution in [2.24, 2.45) is 0 Å². The van der Waals surface area contributed by atoms with Gasteiger partial charge in [-0.25, -0.2) is 5.26 Å². The van der Waals surface area contributed by atoms with Crippen LogP contribution in [0.2, 0.25) is 0 Å². The van der Waals surface area contributed by atoms with Gasteiger partial charge < -0.3 is 14.7 Å². The quantitative estimate of drug-likeness (QED) is 0.499. The van der Waals surface area contributed by atoms with Gasteiger partial charge in [0.05, 0.1) is 12.7 Å². The van der Waals surface area contributed by atoms with Gasteiger partial charge in [0.2, 0.25) is 6.41 Å². The molecule has 0 spiro atoms. The molecule has 2 unspecified atom stereocenters. The van der Waals surface area contributed by atoms with E-state index in [2.05, 4.69) is 6.57 Å². The fourth-order valence-electron chi connectivity index (χ4n) is 1.51. The van der Waals surface area contributed by atoms with Gasteiger partial charge >= 0.3 is 0 Å². The molecule has 7 heteroatoms. The van der Waals surface area contributed by atoms with E-state index in [0.29, 0.717) is 6.41 Å². The number of carbonyl (C=O) groups excluding carboxylic acids is 2. The summed E-state index contributed by atoms with van der Waals surface area (Å²) in [6.07, 6.45) is 4.50. The lowest BCUT2D eigenvalue weighted by Crippen LogP contribution is -2.28. The second kappa shape index (κ2) is 9.15. The van der Waals surface area contributed by atoms with Crippen LogP contribution in [-0.4, -0.2) is 48.3 Å². The van der Waals surface area contributed by atoms with Gasteiger partial charge in [-0.05, 0) is 12.8 Å². The molecule has 2 atom stereocenters. The molecule has 1 saturated heterocycles. The molecule has 0 aromatic rings. The Balaban J connectivity index is 0.00000137. The third-order valence-corrected chi connectivity index (χ3v) is 2.41. The predicted octanol–water partition coefficient (Wildman–Crippen LogP) is -0.658. The second-order valence-electron chi connectivity index (χ2n) is 3.58. The highest BCUT2D eigenvalue weighted by Crippen LogP contribution is 2.21. The maximum atomic E-state index is 10.9. The van der Waals surface area contributed by atoms with Crippen molar-refractivity contribution >= 4 is 12.3 Å². The van der Waals surface area contributed by atoms with Crippen molar-refractivity contribution in [2.45, 2.75) is 25.2 Å². The molecular weight excluding hydrogens is 238 g/mol. The van der Waals surface area contributed by atoms with Crippen LogP contribution in [0.15, 0.2) is 12.3 Å². The van der Waals surface area contributed by atoms with Crippen molar-refractivity contribution in [3.8, 4) is 6.57 Å². The van der Waals surface area contributed by atoms with Gasteiger partial charge in [0.25, 0.3) is 5.91 Å². The zero-order chi connectivity index (χ0) is 14.0. The molecular formula is C11H17N3O4. The highest BCUT2D eigenvalue weighted by Gasteiger charge is 2.26. The van der Waals surface area contributed by atoms with E-state index in [1.54, 1.807) is 18.1 Å². The summed E-state index contributed by atoms with van der Waals surface area (Å²) in [5.74, 6) is -0.474. The highest BCUT2D eigenvalue weighted by molar-refractivity contribution is 5.94. The summed E-state index contributed by atoms with van der Waals surface area (Å²) in [4.78, 5) is 22.6. The number of amides is 2. The normalized spacial score (nSPS) is 22.0. The Labute approximate surface area is 106 Å². The summed E-state index contributed by atoms with van der Waals surface area (Å²) in [5, 5.41) is 17.4. The second-order valence-corrected chi connectivity index (χ2v) is 3.58. The first-order valence-corrected chi connectivity index (χ1v) is 5.33. The van der Waals surface area contributed by atoms with Gasteiger partial charge in [0.15, 0.2) is 0 Å². The minimum Gasteiger partial charge on any atom is -0.394 e. The molecule has 1 aliphatic rings. The monoisotopic (exact) mass is 255 g/mol. The number of hydrogen-bond donors (Lipinski definition) is 2. The lowest BCUT2D eigenvalue weighted by Gasteiger charge is -2.22. The lowest BCUT2D eigenvalue weighted by molar-refractivity contribution is -0.121. The SMILES string of the molecule is C#N.CN(/C=C\C(=O)NC=O)C1CCC(CO)O1. The molecule has 1 heterocycles. The first kappa shape index (κ1) is 16.1. The molecule has 0 aromatic heterocycles. The molecule has 1 aliphatic heterocycles. The van der Waals surface area contributed by atoms with Crippen LogP contribution in [0.25, 0.3) is 0 Å². The van der Waals surface area contributed by atoms with Crippen molar-refractivity contribution in [2.75, 3.05) is 13.7 Å². The zero-order valence-electron chi connectivity index (χ0n) is 10.2. The van der Waals surface area contributed by atoms with Gasteiger partial charge in [0, 0.05) is 25.9 Å². The Morgan fingerprint density at radius 3 is 2.78 bits per heavy atom. The Morgan fingerprint density at radius 1 is 1.61 bits per heavy atom. The van der Waals surface area contributed by atoms with Crippen LogP contribution in [0.3, 0.4) is 0 Å². The van der Waals surface area contributed by atoms with E-state index >= 15 is 0 Å². The van der Waals surface area contributed by atoms with Crippen molar-refractivity contribution in [3.05, 3.63) is 12.3 Å². The molecule has 0 saturated carbocycles. The minimum atomic E-state index is -0.474. The zero-order valence-corrected chi connectivity index (χ0v) is 10.2. The summed E-state index contributed by atoms with van der Waals surface area (Å²) in [6.45, 7) is 3.51. The Bertz CT molecular complexity index is 317. The summed E-state index contributed by atoms with van der Waals surface area (Å²) in [6, 6.07) is 0. The number of aliphatic hydroxyl groups is 1. The fourth-order valence-corrected chi connectivity index (χ4v) is 1.51. The molecule has 1 rings (SSSR count). The average Bonchev–Trinajstić information content (AvgIpc) is 2.87. The van der Waals surface area contributed by atoms with E-state index in [1.165, 1.54) is 6.08 Å². The summed E-state index contributed by atoms with van der Waals surface area (Å²) in [5.41, 5.74) is 0. The maximum absolute atomic E-state index is 10.9. The Hall–Kier alpha value is -1.91. The molecule has 1 fully saturated rings. The average molecular weight is 255 g/mol. The predicted molar refractivity (Wildman–Crippen MR) is 62.8 cm³/mol. The number of nitrogens with one attached hydrogen (secondary N) is 1. The number of nitriles is 1. The molecule has 2 amide bonds. The van der Waals surface area contributed by atoms with Gasteiger partial charge in [-0.2, -0.15) is 0 Å². The summed E-state index contributed by atoms with van der Waals surface area (Å²) >= 11 is 0. The molecule has 0 bridgehead atoms. The van der Waals surface area contributed by atoms with E-state index in [4.69, 9.17) is 15.1 Å². The van der Waals surface area contributed by atoms with E-state index in [9.17, 15) is 9.59 Å². The summed E-state index contributed by atoms with van der Waals surface area (Å²) < 4.78 is 5.49. The van der Waals surface area contributed by atoms with Gasteiger partial charge in [-0.1, -0.05) is 0 Å². The number of ether oxygens (including phenoxy) is 1. The van der Waals surface area contributed by atoms with Crippen LogP contribution >= 0.6 is 0 Å². The van der Waals surface area contributed by atoms with Crippen LogP contribution in [-0.2, 0) is 14.3 Å². The number of carbonyl (C=O) groups is 2. The van der Waals surface area contributed by atoms with Crippen molar-refractivity contribution in [3.63, 3.8) is 0 Å². The van der Waals surface area contributed by atoms with Crippen LogP contribution in [0.1, 0.15) is 12.8 Å². The highest BCUT2D eigenvalue weighted by atomic mass is 16.5. The fraction of sp³-hybridized carbons (Fsp3) is 0.545. The smallest absolute Gasteiger partial charge is 0.251 e. The first-order valence-electron chi connectivity index (χ1n) is 5.33. The van der Waals surface area contributed by atoms with E-state index < -0.39 is 5.91 Å². The molecule has 0 radical (unpaired) electrons. The number of imide groups is 1. The molecule has 7 nitrogen and oxygen atoms in total. The Kier molecular flexibility index (Phi) is 8.18. The third kappa shape index (κ3) is 5.43. The number of aliphatic hydroxyl groups excluding tert-OH is 1. The van der Waals surface area contributed by atoms with Crippen LogP contribution < -0.4 is 5.32 Å². The molecule has 0 aliphatic carbocycles. The molecule has 0 aromatic carbocycles. The minimum absolute atomic E-state index is 0.0136. The molecule has 2 N–H and O–H groups in total. The number of nitrogens with zero attached hydrogens (tertiary/aromatic N) is 2. The van der Waals surface area contributed by atoms with Crippen molar-refractivity contribution < 1.29 is 19.4 Å². The lowest BCUT2D eigenvalue weighted by atomic mass is 10.2. The van der Waals surface area contributed by atoms with E-state index in [-0.39, 0.29) is 18.9 Å². The van der Waals surface area contributed by atoms with E-state index in [0.717, 1.165) is 12.8 Å². The van der Waals surface area contributed by atoms with Gasteiger partial charge in [-0.3, -0.25) is 14.9 Å². The van der Waals surface area contributed by atoms with Crippen molar-refractivity contribution in [1.29, 1.82) is 5.26 Å². The third-order valence-electron chi connectivity index (χ3n) is 2.41. The van der Waals surface area contributed by atoms with Crippen LogP contribution in [0, 0.1) is 11.8 Å². The number of hydrogen-bond acceptors (Lipinski definition) is 6. The van der Waals surface area contributed by atoms with Gasteiger partial charge in [-0.15, -0.1) is 0 Å². The number of rotatable bonds is 5. The van der Waals surface area contributed by atoms with Crippen molar-refractivity contribution in [1.82, 2.24) is 10.2 Å². The first-order chi connectivity index (χ1) is 8.67. The standard InChI is InChI=1S/C10H16N2O4.CHN/c1-12(5-4-9(15)11-7-14)10-3-2-8(6-13)16-10;1-2/h4-5,7-8,10,13H,2-3,6H2,1H3,(H,11,14,15);1H/b5-4-;. The van der Waals surface area contributed by atoms with E-state index in [1.807, 2.05) is 5.32 Å². The molecule has 18 heavy (non-hydrogen) atoms.